The Balaban J connectivity index is 2.54. The summed E-state index contributed by atoms with van der Waals surface area (Å²) in [5.74, 6) is 0.728. The third-order valence-corrected chi connectivity index (χ3v) is 3.89. The lowest BCUT2D eigenvalue weighted by atomic mass is 10.2. The summed E-state index contributed by atoms with van der Waals surface area (Å²) in [4.78, 5) is 17.0. The number of fused-ring (bicyclic) bond motifs is 1. The van der Waals surface area contributed by atoms with Gasteiger partial charge in [0.1, 0.15) is 0 Å². The third-order valence-electron chi connectivity index (χ3n) is 2.71. The summed E-state index contributed by atoms with van der Waals surface area (Å²) in [6, 6.07) is 5.11. The first-order valence-corrected chi connectivity index (χ1v) is 7.46. The normalized spacial score (nSPS) is 10.9. The first-order chi connectivity index (χ1) is 9.67. The highest BCUT2D eigenvalue weighted by atomic mass is 35.5. The Morgan fingerprint density at radius 2 is 2.35 bits per heavy atom. The van der Waals surface area contributed by atoms with Gasteiger partial charge in [0.2, 0.25) is 0 Å². The van der Waals surface area contributed by atoms with E-state index in [0.29, 0.717) is 34.2 Å². The number of nitrogens with zero attached hydrogens (tertiary/aromatic N) is 2. The number of rotatable bonds is 6. The van der Waals surface area contributed by atoms with Crippen LogP contribution >= 0.6 is 23.4 Å². The molecule has 4 nitrogen and oxygen atoms in total. The highest BCUT2D eigenvalue weighted by Crippen LogP contribution is 2.20. The van der Waals surface area contributed by atoms with Gasteiger partial charge in [0, 0.05) is 24.4 Å². The van der Waals surface area contributed by atoms with Crippen LogP contribution in [0.5, 0.6) is 0 Å². The van der Waals surface area contributed by atoms with Gasteiger partial charge in [-0.15, -0.1) is 6.58 Å². The van der Waals surface area contributed by atoms with E-state index in [1.807, 2.05) is 0 Å². The molecule has 0 unspecified atom stereocenters. The van der Waals surface area contributed by atoms with Crippen molar-refractivity contribution in [2.24, 2.45) is 0 Å². The van der Waals surface area contributed by atoms with E-state index >= 15 is 0 Å². The van der Waals surface area contributed by atoms with Gasteiger partial charge < -0.3 is 4.74 Å². The fourth-order valence-corrected chi connectivity index (χ4v) is 2.87. The first-order valence-electron chi connectivity index (χ1n) is 6.10. The predicted molar refractivity (Wildman–Crippen MR) is 83.8 cm³/mol. The number of benzene rings is 1. The third kappa shape index (κ3) is 3.23. The summed E-state index contributed by atoms with van der Waals surface area (Å²) in [6.07, 6.45) is 1.69. The fraction of sp³-hybridized carbons (Fsp3) is 0.286. The van der Waals surface area contributed by atoms with Crippen molar-refractivity contribution < 1.29 is 4.74 Å². The molecular formula is C14H15ClN2O2S. The SMILES string of the molecule is C=CCn1c(SCCOC)nc2cc(Cl)ccc2c1=O. The molecule has 2 rings (SSSR count). The van der Waals surface area contributed by atoms with Crippen molar-refractivity contribution in [3.63, 3.8) is 0 Å². The van der Waals surface area contributed by atoms with Gasteiger partial charge in [-0.1, -0.05) is 29.4 Å². The predicted octanol–water partition coefficient (Wildman–Crippen LogP) is 2.97. The molecule has 106 valence electrons. The van der Waals surface area contributed by atoms with Crippen LogP contribution < -0.4 is 5.56 Å². The smallest absolute Gasteiger partial charge is 0.262 e. The number of hydrogen-bond donors (Lipinski definition) is 0. The van der Waals surface area contributed by atoms with Crippen LogP contribution in [0.1, 0.15) is 0 Å². The lowest BCUT2D eigenvalue weighted by Crippen LogP contribution is -2.23. The summed E-state index contributed by atoms with van der Waals surface area (Å²) >= 11 is 7.44. The minimum absolute atomic E-state index is 0.0773. The maximum Gasteiger partial charge on any atom is 0.262 e. The van der Waals surface area contributed by atoms with Crippen molar-refractivity contribution in [1.82, 2.24) is 9.55 Å². The summed E-state index contributed by atoms with van der Waals surface area (Å²) in [6.45, 7) is 4.72. The van der Waals surface area contributed by atoms with Crippen molar-refractivity contribution >= 4 is 34.3 Å². The van der Waals surface area contributed by atoms with Gasteiger partial charge >= 0.3 is 0 Å². The summed E-state index contributed by atoms with van der Waals surface area (Å²) in [5.41, 5.74) is 0.536. The van der Waals surface area contributed by atoms with Gasteiger partial charge in [-0.05, 0) is 18.2 Å². The Hall–Kier alpha value is -1.30. The number of methoxy groups -OCH3 is 1. The molecule has 0 fully saturated rings. The second kappa shape index (κ2) is 6.92. The summed E-state index contributed by atoms with van der Waals surface area (Å²) in [5, 5.41) is 1.78. The van der Waals surface area contributed by atoms with Crippen molar-refractivity contribution in [2.75, 3.05) is 19.5 Å². The molecule has 0 aliphatic heterocycles. The molecule has 0 aliphatic carbocycles. The zero-order chi connectivity index (χ0) is 14.5. The molecule has 0 N–H and O–H groups in total. The standard InChI is InChI=1S/C14H15ClN2O2S/c1-3-6-17-13(18)11-5-4-10(15)9-12(11)16-14(17)20-8-7-19-2/h3-5,9H,1,6-8H2,2H3. The van der Waals surface area contributed by atoms with E-state index in [0.717, 1.165) is 5.75 Å². The van der Waals surface area contributed by atoms with Crippen LogP contribution in [0.25, 0.3) is 10.9 Å². The fourth-order valence-electron chi connectivity index (χ4n) is 1.79. The lowest BCUT2D eigenvalue weighted by Gasteiger charge is -2.11. The van der Waals surface area contributed by atoms with E-state index in [2.05, 4.69) is 11.6 Å². The van der Waals surface area contributed by atoms with Gasteiger partial charge in [-0.25, -0.2) is 4.98 Å². The van der Waals surface area contributed by atoms with E-state index in [-0.39, 0.29) is 5.56 Å². The minimum atomic E-state index is -0.0773. The topological polar surface area (TPSA) is 44.1 Å². The molecule has 0 saturated carbocycles. The average Bonchev–Trinajstić information content (AvgIpc) is 2.43. The summed E-state index contributed by atoms with van der Waals surface area (Å²) in [7, 11) is 1.64. The van der Waals surface area contributed by atoms with Gasteiger partial charge in [0.25, 0.3) is 5.56 Å². The molecule has 2 aromatic rings. The maximum absolute atomic E-state index is 12.5. The highest BCUT2D eigenvalue weighted by molar-refractivity contribution is 7.99. The molecule has 0 saturated heterocycles. The van der Waals surface area contributed by atoms with E-state index in [1.165, 1.54) is 11.8 Å². The monoisotopic (exact) mass is 310 g/mol. The Morgan fingerprint density at radius 3 is 3.05 bits per heavy atom. The molecule has 6 heteroatoms. The Kier molecular flexibility index (Phi) is 5.23. The van der Waals surface area contributed by atoms with Crippen molar-refractivity contribution in [3.8, 4) is 0 Å². The Bertz CT molecular complexity index is 685. The maximum atomic E-state index is 12.5. The number of hydrogen-bond acceptors (Lipinski definition) is 4. The van der Waals surface area contributed by atoms with E-state index in [1.54, 1.807) is 36.0 Å². The Morgan fingerprint density at radius 1 is 1.55 bits per heavy atom. The van der Waals surface area contributed by atoms with Crippen LogP contribution in [0.3, 0.4) is 0 Å². The second-order valence-electron chi connectivity index (χ2n) is 4.10. The second-order valence-corrected chi connectivity index (χ2v) is 5.60. The van der Waals surface area contributed by atoms with E-state index < -0.39 is 0 Å². The molecule has 1 aromatic heterocycles. The number of halogens is 1. The van der Waals surface area contributed by atoms with E-state index in [4.69, 9.17) is 16.3 Å². The molecule has 20 heavy (non-hydrogen) atoms. The molecule has 0 aliphatic rings. The quantitative estimate of drug-likeness (QED) is 0.356. The molecule has 0 spiro atoms. The number of thioether (sulfide) groups is 1. The average molecular weight is 311 g/mol. The number of aromatic nitrogens is 2. The molecule has 1 heterocycles. The molecule has 1 aromatic carbocycles. The summed E-state index contributed by atoms with van der Waals surface area (Å²) < 4.78 is 6.64. The van der Waals surface area contributed by atoms with Crippen molar-refractivity contribution in [3.05, 3.63) is 46.2 Å². The largest absolute Gasteiger partial charge is 0.384 e. The molecule has 0 radical (unpaired) electrons. The lowest BCUT2D eigenvalue weighted by molar-refractivity contribution is 0.218. The van der Waals surface area contributed by atoms with Crippen LogP contribution in [0.4, 0.5) is 0 Å². The number of allylic oxidation sites excluding steroid dienone is 1. The van der Waals surface area contributed by atoms with Crippen LogP contribution in [0.2, 0.25) is 5.02 Å². The van der Waals surface area contributed by atoms with Crippen LogP contribution in [0, 0.1) is 0 Å². The van der Waals surface area contributed by atoms with Gasteiger partial charge in [-0.2, -0.15) is 0 Å². The molecular weight excluding hydrogens is 296 g/mol. The van der Waals surface area contributed by atoms with Crippen LogP contribution in [-0.2, 0) is 11.3 Å². The van der Waals surface area contributed by atoms with E-state index in [9.17, 15) is 4.79 Å². The highest BCUT2D eigenvalue weighted by Gasteiger charge is 2.10. The number of ether oxygens (including phenoxy) is 1. The van der Waals surface area contributed by atoms with Gasteiger partial charge in [-0.3, -0.25) is 9.36 Å². The van der Waals surface area contributed by atoms with Crippen LogP contribution in [0.15, 0.2) is 40.8 Å². The Labute approximate surface area is 126 Å². The molecule has 0 bridgehead atoms. The minimum Gasteiger partial charge on any atom is -0.384 e. The molecule has 0 atom stereocenters. The van der Waals surface area contributed by atoms with Crippen molar-refractivity contribution in [2.45, 2.75) is 11.7 Å². The zero-order valence-corrected chi connectivity index (χ0v) is 12.7. The van der Waals surface area contributed by atoms with Crippen LogP contribution in [-0.4, -0.2) is 29.0 Å². The zero-order valence-electron chi connectivity index (χ0n) is 11.1. The van der Waals surface area contributed by atoms with Gasteiger partial charge in [0.15, 0.2) is 5.16 Å². The van der Waals surface area contributed by atoms with Gasteiger partial charge in [0.05, 0.1) is 17.5 Å². The molecule has 0 amide bonds. The van der Waals surface area contributed by atoms with Crippen molar-refractivity contribution in [1.29, 1.82) is 0 Å². The first kappa shape index (κ1) is 15.1.